The van der Waals surface area contributed by atoms with Gasteiger partial charge < -0.3 is 15.5 Å². The summed E-state index contributed by atoms with van der Waals surface area (Å²) in [5.41, 5.74) is 0. The van der Waals surface area contributed by atoms with Crippen molar-refractivity contribution in [1.82, 2.24) is 15.5 Å². The third kappa shape index (κ3) is 5.67. The lowest BCUT2D eigenvalue weighted by atomic mass is 10.3. The van der Waals surface area contributed by atoms with E-state index < -0.39 is 0 Å². The number of rotatable bonds is 8. The molecule has 1 saturated heterocycles. The van der Waals surface area contributed by atoms with Crippen LogP contribution in [0.3, 0.4) is 0 Å². The maximum Gasteiger partial charge on any atom is 0.222 e. The monoisotopic (exact) mass is 322 g/mol. The van der Waals surface area contributed by atoms with Gasteiger partial charge in [-0.3, -0.25) is 9.79 Å². The van der Waals surface area contributed by atoms with Gasteiger partial charge in [-0.05, 0) is 37.6 Å². The maximum absolute atomic E-state index is 11.5. The second-order valence-corrected chi connectivity index (χ2v) is 6.39. The molecule has 1 aromatic heterocycles. The van der Waals surface area contributed by atoms with Gasteiger partial charge in [-0.2, -0.15) is 0 Å². The van der Waals surface area contributed by atoms with Crippen molar-refractivity contribution < 1.29 is 4.79 Å². The SMILES string of the molecule is CCNC(=NCCCN1CCCC1=O)NCCc1cccs1. The van der Waals surface area contributed by atoms with Crippen LogP contribution in [0.25, 0.3) is 0 Å². The predicted octanol–water partition coefficient (Wildman–Crippen LogP) is 1.86. The molecule has 0 radical (unpaired) electrons. The molecule has 5 nitrogen and oxygen atoms in total. The molecule has 0 spiro atoms. The Hall–Kier alpha value is -1.56. The fourth-order valence-electron chi connectivity index (χ4n) is 2.49. The largest absolute Gasteiger partial charge is 0.357 e. The first-order chi connectivity index (χ1) is 10.8. The van der Waals surface area contributed by atoms with Crippen molar-refractivity contribution in [2.75, 3.05) is 32.7 Å². The van der Waals surface area contributed by atoms with Gasteiger partial charge in [-0.15, -0.1) is 11.3 Å². The summed E-state index contributed by atoms with van der Waals surface area (Å²) in [5.74, 6) is 1.16. The molecule has 0 saturated carbocycles. The van der Waals surface area contributed by atoms with E-state index in [0.717, 1.165) is 64.4 Å². The van der Waals surface area contributed by atoms with Gasteiger partial charge in [0.1, 0.15) is 0 Å². The third-order valence-electron chi connectivity index (χ3n) is 3.62. The Morgan fingerprint density at radius 3 is 3.05 bits per heavy atom. The molecule has 2 N–H and O–H groups in total. The van der Waals surface area contributed by atoms with Crippen LogP contribution in [0.2, 0.25) is 0 Å². The highest BCUT2D eigenvalue weighted by Crippen LogP contribution is 2.09. The molecule has 22 heavy (non-hydrogen) atoms. The average molecular weight is 322 g/mol. The maximum atomic E-state index is 11.5. The first-order valence-electron chi connectivity index (χ1n) is 8.12. The fourth-order valence-corrected chi connectivity index (χ4v) is 3.20. The number of aliphatic imine (C=N–C) groups is 1. The molecule has 122 valence electrons. The van der Waals surface area contributed by atoms with E-state index in [2.05, 4.69) is 40.1 Å². The van der Waals surface area contributed by atoms with Crippen LogP contribution >= 0.6 is 11.3 Å². The number of nitrogens with zero attached hydrogens (tertiary/aromatic N) is 2. The Morgan fingerprint density at radius 1 is 1.45 bits per heavy atom. The normalized spacial score (nSPS) is 15.4. The summed E-state index contributed by atoms with van der Waals surface area (Å²) < 4.78 is 0. The van der Waals surface area contributed by atoms with Crippen LogP contribution in [-0.2, 0) is 11.2 Å². The van der Waals surface area contributed by atoms with Crippen molar-refractivity contribution in [3.05, 3.63) is 22.4 Å². The Labute approximate surface area is 136 Å². The Bertz CT molecular complexity index is 473. The van der Waals surface area contributed by atoms with E-state index >= 15 is 0 Å². The first-order valence-corrected chi connectivity index (χ1v) is 9.00. The molecule has 1 aliphatic heterocycles. The molecule has 2 rings (SSSR count). The summed E-state index contributed by atoms with van der Waals surface area (Å²) in [4.78, 5) is 19.4. The second kappa shape index (κ2) is 9.46. The number of likely N-dealkylation sites (tertiary alicyclic amines) is 1. The lowest BCUT2D eigenvalue weighted by Crippen LogP contribution is -2.38. The number of carbonyl (C=O) groups excluding carboxylic acids is 1. The van der Waals surface area contributed by atoms with Gasteiger partial charge in [-0.25, -0.2) is 0 Å². The molecule has 2 heterocycles. The van der Waals surface area contributed by atoms with E-state index in [1.807, 2.05) is 4.90 Å². The molecule has 6 heteroatoms. The lowest BCUT2D eigenvalue weighted by molar-refractivity contribution is -0.127. The third-order valence-corrected chi connectivity index (χ3v) is 4.55. The summed E-state index contributed by atoms with van der Waals surface area (Å²) in [7, 11) is 0. The predicted molar refractivity (Wildman–Crippen MR) is 92.4 cm³/mol. The van der Waals surface area contributed by atoms with Gasteiger partial charge in [0.25, 0.3) is 0 Å². The standard InChI is InChI=1S/C16H26N4OS/c1-2-17-16(19-10-8-14-6-4-13-22-14)18-9-5-12-20-11-3-7-15(20)21/h4,6,13H,2-3,5,7-12H2,1H3,(H2,17,18,19). The zero-order valence-corrected chi connectivity index (χ0v) is 14.1. The van der Waals surface area contributed by atoms with Crippen molar-refractivity contribution >= 4 is 23.2 Å². The van der Waals surface area contributed by atoms with Crippen LogP contribution in [-0.4, -0.2) is 49.5 Å². The topological polar surface area (TPSA) is 56.7 Å². The smallest absolute Gasteiger partial charge is 0.222 e. The Kier molecular flexibility index (Phi) is 7.22. The van der Waals surface area contributed by atoms with Gasteiger partial charge in [0.2, 0.25) is 5.91 Å². The number of guanidine groups is 1. The molecule has 0 atom stereocenters. The molecule has 0 bridgehead atoms. The van der Waals surface area contributed by atoms with E-state index in [1.165, 1.54) is 4.88 Å². The quantitative estimate of drug-likeness (QED) is 0.436. The van der Waals surface area contributed by atoms with Gasteiger partial charge >= 0.3 is 0 Å². The van der Waals surface area contributed by atoms with Gasteiger partial charge in [0.05, 0.1) is 0 Å². The van der Waals surface area contributed by atoms with E-state index in [4.69, 9.17) is 0 Å². The van der Waals surface area contributed by atoms with E-state index in [-0.39, 0.29) is 0 Å². The highest BCUT2D eigenvalue weighted by Gasteiger charge is 2.18. The summed E-state index contributed by atoms with van der Waals surface area (Å²) in [5, 5.41) is 8.73. The number of thiophene rings is 1. The highest BCUT2D eigenvalue weighted by molar-refractivity contribution is 7.09. The van der Waals surface area contributed by atoms with Gasteiger partial charge in [0.15, 0.2) is 5.96 Å². The van der Waals surface area contributed by atoms with E-state index in [9.17, 15) is 4.79 Å². The summed E-state index contributed by atoms with van der Waals surface area (Å²) in [6.45, 7) is 6.31. The summed E-state index contributed by atoms with van der Waals surface area (Å²) >= 11 is 1.79. The Balaban J connectivity index is 1.66. The minimum absolute atomic E-state index is 0.296. The molecule has 1 fully saturated rings. The van der Waals surface area contributed by atoms with Crippen molar-refractivity contribution in [3.8, 4) is 0 Å². The zero-order valence-electron chi connectivity index (χ0n) is 13.3. The average Bonchev–Trinajstić information content (AvgIpc) is 3.15. The minimum Gasteiger partial charge on any atom is -0.357 e. The molecule has 0 aromatic carbocycles. The Morgan fingerprint density at radius 2 is 2.36 bits per heavy atom. The molecule has 0 unspecified atom stereocenters. The molecular formula is C16H26N4OS. The van der Waals surface area contributed by atoms with Crippen molar-refractivity contribution in [2.45, 2.75) is 32.6 Å². The highest BCUT2D eigenvalue weighted by atomic mass is 32.1. The molecular weight excluding hydrogens is 296 g/mol. The van der Waals surface area contributed by atoms with E-state index in [1.54, 1.807) is 11.3 Å². The van der Waals surface area contributed by atoms with Crippen molar-refractivity contribution in [2.24, 2.45) is 4.99 Å². The number of amides is 1. The molecule has 0 aliphatic carbocycles. The first kappa shape index (κ1) is 16.8. The van der Waals surface area contributed by atoms with Crippen LogP contribution in [0.5, 0.6) is 0 Å². The zero-order chi connectivity index (χ0) is 15.6. The number of hydrogen-bond acceptors (Lipinski definition) is 3. The van der Waals surface area contributed by atoms with Crippen LogP contribution in [0, 0.1) is 0 Å². The summed E-state index contributed by atoms with van der Waals surface area (Å²) in [6.07, 6.45) is 3.67. The lowest BCUT2D eigenvalue weighted by Gasteiger charge is -2.15. The number of carbonyl (C=O) groups is 1. The van der Waals surface area contributed by atoms with Crippen molar-refractivity contribution in [3.63, 3.8) is 0 Å². The van der Waals surface area contributed by atoms with Crippen LogP contribution in [0.4, 0.5) is 0 Å². The number of nitrogens with one attached hydrogen (secondary N) is 2. The number of hydrogen-bond donors (Lipinski definition) is 2. The van der Waals surface area contributed by atoms with Gasteiger partial charge in [0, 0.05) is 44.0 Å². The fraction of sp³-hybridized carbons (Fsp3) is 0.625. The van der Waals surface area contributed by atoms with Gasteiger partial charge in [-0.1, -0.05) is 6.07 Å². The van der Waals surface area contributed by atoms with E-state index in [0.29, 0.717) is 5.91 Å². The summed E-state index contributed by atoms with van der Waals surface area (Å²) in [6, 6.07) is 4.24. The second-order valence-electron chi connectivity index (χ2n) is 5.35. The molecule has 1 amide bonds. The van der Waals surface area contributed by atoms with Crippen LogP contribution < -0.4 is 10.6 Å². The van der Waals surface area contributed by atoms with Crippen LogP contribution in [0.1, 0.15) is 31.1 Å². The van der Waals surface area contributed by atoms with Crippen molar-refractivity contribution in [1.29, 1.82) is 0 Å². The molecule has 1 aliphatic rings. The molecule has 1 aromatic rings. The minimum atomic E-state index is 0.296. The van der Waals surface area contributed by atoms with Crippen LogP contribution in [0.15, 0.2) is 22.5 Å².